The molecule has 1 saturated carbocycles. The Kier molecular flexibility index (Phi) is 6.63. The first-order valence-corrected chi connectivity index (χ1v) is 11.7. The molecule has 8 heteroatoms. The van der Waals surface area contributed by atoms with Crippen LogP contribution in [0.25, 0.3) is 0 Å². The molecule has 1 aromatic rings. The van der Waals surface area contributed by atoms with Crippen LogP contribution < -0.4 is 10.2 Å². The van der Waals surface area contributed by atoms with E-state index in [0.717, 1.165) is 70.4 Å². The molecule has 30 heavy (non-hydrogen) atoms. The molecule has 0 unspecified atom stereocenters. The van der Waals surface area contributed by atoms with E-state index in [1.54, 1.807) is 6.07 Å². The molecule has 3 aliphatic rings. The van der Waals surface area contributed by atoms with Crippen LogP contribution in [-0.4, -0.2) is 67.0 Å². The van der Waals surface area contributed by atoms with Crippen molar-refractivity contribution < 1.29 is 9.59 Å². The van der Waals surface area contributed by atoms with Gasteiger partial charge in [0.2, 0.25) is 5.91 Å². The predicted molar refractivity (Wildman–Crippen MR) is 120 cm³/mol. The Morgan fingerprint density at radius 3 is 2.10 bits per heavy atom. The molecule has 3 amide bonds. The van der Waals surface area contributed by atoms with E-state index < -0.39 is 0 Å². The van der Waals surface area contributed by atoms with Crippen molar-refractivity contribution >= 4 is 40.8 Å². The van der Waals surface area contributed by atoms with Crippen LogP contribution in [0, 0.1) is 5.92 Å². The maximum Gasteiger partial charge on any atom is 0.317 e. The zero-order valence-corrected chi connectivity index (χ0v) is 19.0. The van der Waals surface area contributed by atoms with Gasteiger partial charge in [-0.3, -0.25) is 4.79 Å². The molecule has 164 valence electrons. The van der Waals surface area contributed by atoms with Gasteiger partial charge in [-0.05, 0) is 56.7 Å². The van der Waals surface area contributed by atoms with E-state index in [4.69, 9.17) is 23.2 Å². The van der Waals surface area contributed by atoms with Crippen molar-refractivity contribution in [3.05, 3.63) is 28.2 Å². The summed E-state index contributed by atoms with van der Waals surface area (Å²) in [7, 11) is 1.88. The number of halogens is 2. The van der Waals surface area contributed by atoms with Crippen LogP contribution in [0.15, 0.2) is 18.2 Å². The highest BCUT2D eigenvalue weighted by atomic mass is 35.5. The molecule has 1 N–H and O–H groups in total. The fraction of sp³-hybridized carbons (Fsp3) is 0.636. The number of nitrogens with one attached hydrogen (secondary N) is 1. The minimum absolute atomic E-state index is 0.00813. The number of likely N-dealkylation sites (tertiary alicyclic amines) is 1. The van der Waals surface area contributed by atoms with E-state index in [1.165, 1.54) is 0 Å². The third kappa shape index (κ3) is 5.14. The van der Waals surface area contributed by atoms with Crippen molar-refractivity contribution in [1.29, 1.82) is 0 Å². The summed E-state index contributed by atoms with van der Waals surface area (Å²) >= 11 is 12.2. The van der Waals surface area contributed by atoms with Crippen molar-refractivity contribution in [1.82, 2.24) is 15.1 Å². The number of amides is 3. The summed E-state index contributed by atoms with van der Waals surface area (Å²) < 4.78 is 0. The van der Waals surface area contributed by atoms with Crippen LogP contribution in [0.5, 0.6) is 0 Å². The average molecular weight is 453 g/mol. The lowest BCUT2D eigenvalue weighted by atomic mass is 10.0. The molecule has 2 heterocycles. The summed E-state index contributed by atoms with van der Waals surface area (Å²) in [6.07, 6.45) is 5.58. The van der Waals surface area contributed by atoms with Gasteiger partial charge in [-0.15, -0.1) is 0 Å². The number of nitrogens with zero attached hydrogens (tertiary/aromatic N) is 3. The highest BCUT2D eigenvalue weighted by Gasteiger charge is 2.36. The number of urea groups is 1. The molecule has 0 spiro atoms. The Morgan fingerprint density at radius 2 is 1.53 bits per heavy atom. The van der Waals surface area contributed by atoms with Gasteiger partial charge in [-0.2, -0.15) is 0 Å². The Morgan fingerprint density at radius 1 is 0.933 bits per heavy atom. The minimum atomic E-state index is -0.00813. The topological polar surface area (TPSA) is 55.9 Å². The second-order valence-electron chi connectivity index (χ2n) is 8.78. The lowest BCUT2D eigenvalue weighted by molar-refractivity contribution is -0.133. The molecule has 0 aromatic heterocycles. The molecule has 0 atom stereocenters. The first kappa shape index (κ1) is 21.6. The van der Waals surface area contributed by atoms with Gasteiger partial charge >= 0.3 is 6.03 Å². The normalized spacial score (nSPS) is 20.9. The molecular formula is C22H30Cl2N4O2. The quantitative estimate of drug-likeness (QED) is 0.750. The summed E-state index contributed by atoms with van der Waals surface area (Å²) in [5.41, 5.74) is 1.03. The molecule has 0 bridgehead atoms. The first-order valence-electron chi connectivity index (χ1n) is 10.9. The summed E-state index contributed by atoms with van der Waals surface area (Å²) in [5.74, 6) is 0.588. The number of piperidine rings is 2. The van der Waals surface area contributed by atoms with Gasteiger partial charge in [0, 0.05) is 67.0 Å². The number of benzene rings is 1. The number of carbonyl (C=O) groups is 2. The van der Waals surface area contributed by atoms with Crippen molar-refractivity contribution in [2.24, 2.45) is 5.92 Å². The van der Waals surface area contributed by atoms with Crippen LogP contribution in [0.4, 0.5) is 10.5 Å². The monoisotopic (exact) mass is 452 g/mol. The molecule has 1 aliphatic carbocycles. The lowest BCUT2D eigenvalue weighted by Gasteiger charge is -2.38. The van der Waals surface area contributed by atoms with Crippen molar-refractivity contribution in [2.45, 2.75) is 50.6 Å². The fourth-order valence-electron chi connectivity index (χ4n) is 4.51. The van der Waals surface area contributed by atoms with Crippen LogP contribution in [0.1, 0.15) is 38.5 Å². The standard InChI is InChI=1S/C22H30Cl2N4O2/c1-26(19-6-10-28(11-7-19)21(29)15-2-3-15)22(30)25-18-4-8-27(9-5-18)20-13-16(23)12-17(24)14-20/h12-15,18-19H,2-11H2,1H3,(H,25,30). The Balaban J connectivity index is 1.22. The van der Waals surface area contributed by atoms with Crippen LogP contribution in [0.3, 0.4) is 0 Å². The van der Waals surface area contributed by atoms with Crippen molar-refractivity contribution in [3.63, 3.8) is 0 Å². The Bertz CT molecular complexity index is 765. The third-order valence-electron chi connectivity index (χ3n) is 6.61. The van der Waals surface area contributed by atoms with Crippen LogP contribution in [0.2, 0.25) is 10.0 Å². The van der Waals surface area contributed by atoms with E-state index in [0.29, 0.717) is 16.0 Å². The number of hydrogen-bond donors (Lipinski definition) is 1. The molecule has 0 radical (unpaired) electrons. The zero-order valence-electron chi connectivity index (χ0n) is 17.4. The highest BCUT2D eigenvalue weighted by molar-refractivity contribution is 6.35. The summed E-state index contributed by atoms with van der Waals surface area (Å²) in [6.45, 7) is 3.23. The maximum atomic E-state index is 12.8. The Hall–Kier alpha value is -1.66. The van der Waals surface area contributed by atoms with Crippen LogP contribution in [-0.2, 0) is 4.79 Å². The van der Waals surface area contributed by atoms with E-state index >= 15 is 0 Å². The number of carbonyl (C=O) groups excluding carboxylic acids is 2. The molecule has 2 aliphatic heterocycles. The SMILES string of the molecule is CN(C(=O)NC1CCN(c2cc(Cl)cc(Cl)c2)CC1)C1CCN(C(=O)C2CC2)CC1. The van der Waals surface area contributed by atoms with E-state index in [1.807, 2.05) is 29.0 Å². The first-order chi connectivity index (χ1) is 14.4. The predicted octanol–water partition coefficient (Wildman–Crippen LogP) is 4.00. The van der Waals surface area contributed by atoms with Crippen molar-refractivity contribution in [3.8, 4) is 0 Å². The largest absolute Gasteiger partial charge is 0.371 e. The Labute approximate surface area is 188 Å². The van der Waals surface area contributed by atoms with Gasteiger partial charge in [0.25, 0.3) is 0 Å². The van der Waals surface area contributed by atoms with Gasteiger partial charge in [0.15, 0.2) is 0 Å². The second kappa shape index (κ2) is 9.23. The lowest BCUT2D eigenvalue weighted by Crippen LogP contribution is -2.53. The van der Waals surface area contributed by atoms with Crippen LogP contribution >= 0.6 is 23.2 Å². The van der Waals surface area contributed by atoms with Crippen molar-refractivity contribution in [2.75, 3.05) is 38.1 Å². The maximum absolute atomic E-state index is 12.8. The zero-order chi connectivity index (χ0) is 21.3. The third-order valence-corrected chi connectivity index (χ3v) is 7.04. The molecule has 2 saturated heterocycles. The highest BCUT2D eigenvalue weighted by Crippen LogP contribution is 2.32. The summed E-state index contributed by atoms with van der Waals surface area (Å²) in [6, 6.07) is 5.96. The number of rotatable bonds is 4. The van der Waals surface area contributed by atoms with E-state index in [9.17, 15) is 9.59 Å². The molecule has 4 rings (SSSR count). The second-order valence-corrected chi connectivity index (χ2v) is 9.65. The molecular weight excluding hydrogens is 423 g/mol. The van der Waals surface area contributed by atoms with Gasteiger partial charge < -0.3 is 20.0 Å². The number of anilines is 1. The molecule has 3 fully saturated rings. The van der Waals surface area contributed by atoms with E-state index in [2.05, 4.69) is 10.2 Å². The summed E-state index contributed by atoms with van der Waals surface area (Å²) in [5, 5.41) is 4.48. The smallest absolute Gasteiger partial charge is 0.317 e. The molecule has 1 aromatic carbocycles. The fourth-order valence-corrected chi connectivity index (χ4v) is 5.02. The van der Waals surface area contributed by atoms with Gasteiger partial charge in [0.05, 0.1) is 0 Å². The van der Waals surface area contributed by atoms with Gasteiger partial charge in [-0.25, -0.2) is 4.79 Å². The average Bonchev–Trinajstić information content (AvgIpc) is 3.58. The minimum Gasteiger partial charge on any atom is -0.371 e. The number of hydrogen-bond acceptors (Lipinski definition) is 3. The summed E-state index contributed by atoms with van der Waals surface area (Å²) in [4.78, 5) is 31.1. The van der Waals surface area contributed by atoms with Gasteiger partial charge in [-0.1, -0.05) is 23.2 Å². The molecule has 6 nitrogen and oxygen atoms in total. The van der Waals surface area contributed by atoms with E-state index in [-0.39, 0.29) is 24.0 Å². The van der Waals surface area contributed by atoms with Gasteiger partial charge in [0.1, 0.15) is 0 Å².